The molecule has 0 aliphatic carbocycles. The van der Waals surface area contributed by atoms with Gasteiger partial charge < -0.3 is 14.8 Å². The molecule has 0 aliphatic rings. The minimum absolute atomic E-state index is 0.123. The standard InChI is InChI=1S/C20H24N6O2S2/c1-13-17(18(28)25(2)3)30-19(21-13)22-16(27)12-29-20-24-23-15(26(20)4)11-10-14-8-6-5-7-9-14/h5-9H,10-12H2,1-4H3,(H,21,22,27). The van der Waals surface area contributed by atoms with Gasteiger partial charge in [0.2, 0.25) is 5.91 Å². The van der Waals surface area contributed by atoms with Gasteiger partial charge in [-0.3, -0.25) is 9.59 Å². The molecule has 0 aliphatic heterocycles. The Balaban J connectivity index is 1.53. The minimum atomic E-state index is -0.202. The first kappa shape index (κ1) is 22.0. The number of rotatable bonds is 8. The normalized spacial score (nSPS) is 10.8. The molecule has 2 heterocycles. The molecule has 3 aromatic rings. The molecule has 3 rings (SSSR count). The molecule has 0 atom stereocenters. The molecule has 0 radical (unpaired) electrons. The molecule has 10 heteroatoms. The molecule has 1 aromatic carbocycles. The van der Waals surface area contributed by atoms with Crippen molar-refractivity contribution in [3.8, 4) is 0 Å². The lowest BCUT2D eigenvalue weighted by molar-refractivity contribution is -0.113. The van der Waals surface area contributed by atoms with Crippen LogP contribution in [0.25, 0.3) is 0 Å². The molecule has 0 saturated carbocycles. The van der Waals surface area contributed by atoms with Crippen molar-refractivity contribution in [2.45, 2.75) is 24.9 Å². The molecule has 8 nitrogen and oxygen atoms in total. The number of anilines is 1. The van der Waals surface area contributed by atoms with Crippen LogP contribution in [0.3, 0.4) is 0 Å². The molecule has 2 amide bonds. The average Bonchev–Trinajstić information content (AvgIpc) is 3.26. The number of hydrogen-bond acceptors (Lipinski definition) is 7. The highest BCUT2D eigenvalue weighted by Gasteiger charge is 2.18. The number of nitrogens with one attached hydrogen (secondary N) is 1. The van der Waals surface area contributed by atoms with E-state index in [-0.39, 0.29) is 17.6 Å². The van der Waals surface area contributed by atoms with Gasteiger partial charge in [-0.25, -0.2) is 4.98 Å². The Morgan fingerprint density at radius 2 is 1.90 bits per heavy atom. The number of benzene rings is 1. The second-order valence-electron chi connectivity index (χ2n) is 6.91. The van der Waals surface area contributed by atoms with Crippen molar-refractivity contribution in [3.05, 3.63) is 52.3 Å². The Labute approximate surface area is 183 Å². The van der Waals surface area contributed by atoms with E-state index in [1.165, 1.54) is 33.6 Å². The summed E-state index contributed by atoms with van der Waals surface area (Å²) >= 11 is 2.50. The number of aromatic nitrogens is 4. The largest absolute Gasteiger partial charge is 0.344 e. The van der Waals surface area contributed by atoms with Crippen LogP contribution in [0.15, 0.2) is 35.5 Å². The van der Waals surface area contributed by atoms with Gasteiger partial charge >= 0.3 is 0 Å². The first-order valence-corrected chi connectivity index (χ1v) is 11.2. The van der Waals surface area contributed by atoms with Crippen molar-refractivity contribution in [1.29, 1.82) is 0 Å². The van der Waals surface area contributed by atoms with Gasteiger partial charge in [0, 0.05) is 27.6 Å². The van der Waals surface area contributed by atoms with Crippen LogP contribution in [-0.4, -0.2) is 56.3 Å². The van der Waals surface area contributed by atoms with E-state index >= 15 is 0 Å². The summed E-state index contributed by atoms with van der Waals surface area (Å²) in [6.07, 6.45) is 1.66. The van der Waals surface area contributed by atoms with E-state index in [1.807, 2.05) is 29.8 Å². The number of carbonyl (C=O) groups is 2. The van der Waals surface area contributed by atoms with Gasteiger partial charge in [-0.05, 0) is 18.9 Å². The predicted molar refractivity (Wildman–Crippen MR) is 119 cm³/mol. The monoisotopic (exact) mass is 444 g/mol. The second kappa shape index (κ2) is 9.86. The third-order valence-corrected chi connectivity index (χ3v) is 6.46. The number of thiazole rings is 1. The smallest absolute Gasteiger partial charge is 0.265 e. The van der Waals surface area contributed by atoms with E-state index in [4.69, 9.17) is 0 Å². The zero-order valence-electron chi connectivity index (χ0n) is 17.4. The van der Waals surface area contributed by atoms with Crippen molar-refractivity contribution in [2.75, 3.05) is 25.2 Å². The molecule has 30 heavy (non-hydrogen) atoms. The quantitative estimate of drug-likeness (QED) is 0.537. The maximum Gasteiger partial charge on any atom is 0.265 e. The number of thioether (sulfide) groups is 1. The van der Waals surface area contributed by atoms with E-state index in [0.717, 1.165) is 18.7 Å². The molecular weight excluding hydrogens is 420 g/mol. The highest BCUT2D eigenvalue weighted by atomic mass is 32.2. The summed E-state index contributed by atoms with van der Waals surface area (Å²) in [6.45, 7) is 1.76. The molecule has 0 fully saturated rings. The third-order valence-electron chi connectivity index (χ3n) is 4.38. The number of carbonyl (C=O) groups excluding carboxylic acids is 2. The maximum absolute atomic E-state index is 12.3. The van der Waals surface area contributed by atoms with Crippen LogP contribution in [-0.2, 0) is 24.7 Å². The molecule has 0 bridgehead atoms. The summed E-state index contributed by atoms with van der Waals surface area (Å²) in [6, 6.07) is 10.2. The molecule has 0 spiro atoms. The highest BCUT2D eigenvalue weighted by Crippen LogP contribution is 2.24. The highest BCUT2D eigenvalue weighted by molar-refractivity contribution is 7.99. The summed E-state index contributed by atoms with van der Waals surface area (Å²) in [5.41, 5.74) is 1.86. The molecule has 158 valence electrons. The fourth-order valence-electron chi connectivity index (χ4n) is 2.73. The van der Waals surface area contributed by atoms with Crippen LogP contribution in [0.4, 0.5) is 5.13 Å². The number of hydrogen-bond donors (Lipinski definition) is 1. The van der Waals surface area contributed by atoms with Gasteiger partial charge in [0.05, 0.1) is 11.4 Å². The summed E-state index contributed by atoms with van der Waals surface area (Å²) in [7, 11) is 5.28. The van der Waals surface area contributed by atoms with Gasteiger partial charge in [-0.15, -0.1) is 10.2 Å². The van der Waals surface area contributed by atoms with Crippen LogP contribution < -0.4 is 5.32 Å². The average molecular weight is 445 g/mol. The van der Waals surface area contributed by atoms with Gasteiger partial charge in [0.15, 0.2) is 10.3 Å². The van der Waals surface area contributed by atoms with Crippen LogP contribution in [0.2, 0.25) is 0 Å². The van der Waals surface area contributed by atoms with Gasteiger partial charge in [-0.1, -0.05) is 53.4 Å². The van der Waals surface area contributed by atoms with E-state index in [0.29, 0.717) is 20.9 Å². The summed E-state index contributed by atoms with van der Waals surface area (Å²) in [5, 5.41) is 12.3. The zero-order valence-corrected chi connectivity index (χ0v) is 19.0. The van der Waals surface area contributed by atoms with E-state index < -0.39 is 0 Å². The molecule has 2 aromatic heterocycles. The van der Waals surface area contributed by atoms with Crippen molar-refractivity contribution in [1.82, 2.24) is 24.6 Å². The van der Waals surface area contributed by atoms with Crippen LogP contribution in [0.5, 0.6) is 0 Å². The zero-order chi connectivity index (χ0) is 21.7. The van der Waals surface area contributed by atoms with Gasteiger partial charge in [0.1, 0.15) is 10.7 Å². The fourth-order valence-corrected chi connectivity index (χ4v) is 4.46. The van der Waals surface area contributed by atoms with Crippen LogP contribution >= 0.6 is 23.1 Å². The van der Waals surface area contributed by atoms with Crippen molar-refractivity contribution >= 4 is 40.0 Å². The Morgan fingerprint density at radius 3 is 2.60 bits per heavy atom. The van der Waals surface area contributed by atoms with Gasteiger partial charge in [0.25, 0.3) is 5.91 Å². The van der Waals surface area contributed by atoms with Crippen molar-refractivity contribution < 1.29 is 9.59 Å². The maximum atomic E-state index is 12.3. The lowest BCUT2D eigenvalue weighted by Gasteiger charge is -2.07. The third kappa shape index (κ3) is 5.45. The number of aryl methyl sites for hydroxylation is 3. The topological polar surface area (TPSA) is 93.0 Å². The first-order chi connectivity index (χ1) is 14.3. The summed E-state index contributed by atoms with van der Waals surface area (Å²) < 4.78 is 1.92. The van der Waals surface area contributed by atoms with E-state index in [1.54, 1.807) is 21.0 Å². The van der Waals surface area contributed by atoms with E-state index in [9.17, 15) is 9.59 Å². The van der Waals surface area contributed by atoms with Crippen LogP contribution in [0.1, 0.15) is 26.8 Å². The Morgan fingerprint density at radius 1 is 1.17 bits per heavy atom. The minimum Gasteiger partial charge on any atom is -0.344 e. The van der Waals surface area contributed by atoms with Crippen LogP contribution in [0, 0.1) is 6.92 Å². The first-order valence-electron chi connectivity index (χ1n) is 9.39. The Kier molecular flexibility index (Phi) is 7.22. The summed E-state index contributed by atoms with van der Waals surface area (Å²) in [4.78, 5) is 30.7. The van der Waals surface area contributed by atoms with Gasteiger partial charge in [-0.2, -0.15) is 0 Å². The molecular formula is C20H24N6O2S2. The van der Waals surface area contributed by atoms with E-state index in [2.05, 4.69) is 32.6 Å². The Bertz CT molecular complexity index is 1030. The molecule has 1 N–H and O–H groups in total. The SMILES string of the molecule is Cc1nc(NC(=O)CSc2nnc(CCc3ccccc3)n2C)sc1C(=O)N(C)C. The molecule has 0 saturated heterocycles. The fraction of sp³-hybridized carbons (Fsp3) is 0.350. The summed E-state index contributed by atoms with van der Waals surface area (Å²) in [5.74, 6) is 0.734. The van der Waals surface area contributed by atoms with Crippen molar-refractivity contribution in [3.63, 3.8) is 0 Å². The predicted octanol–water partition coefficient (Wildman–Crippen LogP) is 2.80. The Hall–Kier alpha value is -2.72. The number of nitrogens with zero attached hydrogens (tertiary/aromatic N) is 5. The van der Waals surface area contributed by atoms with Crippen molar-refractivity contribution in [2.24, 2.45) is 7.05 Å². The number of amides is 2. The molecule has 0 unspecified atom stereocenters. The lowest BCUT2D eigenvalue weighted by atomic mass is 10.1. The second-order valence-corrected chi connectivity index (χ2v) is 8.85. The lowest BCUT2D eigenvalue weighted by Crippen LogP contribution is -2.21.